The van der Waals surface area contributed by atoms with Crippen molar-refractivity contribution in [2.24, 2.45) is 0 Å². The molecule has 0 atom stereocenters. The molecule has 0 heterocycles. The van der Waals surface area contributed by atoms with Crippen LogP contribution in [0.1, 0.15) is 49.7 Å². The van der Waals surface area contributed by atoms with Crippen molar-refractivity contribution in [1.82, 2.24) is 0 Å². The Hall–Kier alpha value is -0.780. The topological polar surface area (TPSA) is 0 Å². The predicted octanol–water partition coefficient (Wildman–Crippen LogP) is 4.11. The molecule has 0 N–H and O–H groups in total. The van der Waals surface area contributed by atoms with Crippen LogP contribution in [-0.2, 0) is 6.42 Å². The second-order valence-corrected chi connectivity index (χ2v) is 4.24. The smallest absolute Gasteiger partial charge is 0.0162 e. The number of rotatable bonds is 2. The Balaban J connectivity index is 2.13. The minimum absolute atomic E-state index is 0.825. The fraction of sp³-hybridized carbons (Fsp3) is 0.500. The quantitative estimate of drug-likeness (QED) is 0.653. The molecule has 1 aliphatic rings. The zero-order valence-corrected chi connectivity index (χ0v) is 9.00. The molecule has 0 amide bonds. The average molecular weight is 187 g/mol. The molecule has 0 aromatic heterocycles. The number of benzene rings is 1. The van der Waals surface area contributed by atoms with E-state index in [4.69, 9.17) is 0 Å². The van der Waals surface area contributed by atoms with Crippen molar-refractivity contribution in [2.45, 2.75) is 44.9 Å². The third kappa shape index (κ3) is 2.17. The minimum atomic E-state index is 0.825. The predicted molar refractivity (Wildman–Crippen MR) is 61.3 cm³/mol. The molecule has 1 aliphatic carbocycles. The van der Waals surface area contributed by atoms with Gasteiger partial charge in [-0.15, -0.1) is 0 Å². The molecule has 75 valence electrons. The summed E-state index contributed by atoms with van der Waals surface area (Å²) in [4.78, 5) is 0. The average Bonchev–Trinajstić information content (AvgIpc) is 2.30. The molecule has 0 bridgehead atoms. The molecular weight excluding hydrogens is 168 g/mol. The van der Waals surface area contributed by atoms with Crippen LogP contribution in [0.5, 0.6) is 0 Å². The monoisotopic (exact) mass is 187 g/mol. The van der Waals surface area contributed by atoms with E-state index >= 15 is 0 Å². The lowest BCUT2D eigenvalue weighted by atomic mass is 9.83. The highest BCUT2D eigenvalue weighted by Gasteiger charge is 2.15. The second kappa shape index (κ2) is 4.63. The molecule has 1 fully saturated rings. The summed E-state index contributed by atoms with van der Waals surface area (Å²) in [5, 5.41) is 0. The van der Waals surface area contributed by atoms with E-state index in [9.17, 15) is 0 Å². The second-order valence-electron chi connectivity index (χ2n) is 4.24. The molecule has 0 aliphatic heterocycles. The van der Waals surface area contributed by atoms with Crippen molar-refractivity contribution in [3.8, 4) is 0 Å². The molecule has 1 saturated carbocycles. The van der Waals surface area contributed by atoms with Gasteiger partial charge < -0.3 is 0 Å². The SMILES string of the molecule is CCc1cccc(C2CC[CH]CC2)c1. The molecule has 0 spiro atoms. The Morgan fingerprint density at radius 2 is 2.00 bits per heavy atom. The van der Waals surface area contributed by atoms with Gasteiger partial charge in [-0.2, -0.15) is 0 Å². The van der Waals surface area contributed by atoms with Gasteiger partial charge in [0.1, 0.15) is 0 Å². The maximum Gasteiger partial charge on any atom is -0.0162 e. The first-order valence-electron chi connectivity index (χ1n) is 5.80. The lowest BCUT2D eigenvalue weighted by Gasteiger charge is -2.22. The first-order chi connectivity index (χ1) is 6.90. The van der Waals surface area contributed by atoms with Crippen LogP contribution in [-0.4, -0.2) is 0 Å². The van der Waals surface area contributed by atoms with Gasteiger partial charge in [0.15, 0.2) is 0 Å². The van der Waals surface area contributed by atoms with E-state index in [0.717, 1.165) is 12.3 Å². The van der Waals surface area contributed by atoms with Crippen molar-refractivity contribution in [1.29, 1.82) is 0 Å². The van der Waals surface area contributed by atoms with Crippen LogP contribution in [0.15, 0.2) is 24.3 Å². The lowest BCUT2D eigenvalue weighted by molar-refractivity contribution is 0.511. The maximum absolute atomic E-state index is 2.43. The summed E-state index contributed by atoms with van der Waals surface area (Å²) in [6.45, 7) is 2.23. The standard InChI is InChI=1S/C14H19/c1-2-12-7-6-10-14(11-12)13-8-4-3-5-9-13/h3,6-7,10-11,13H,2,4-5,8-9H2,1H3. The molecular formula is C14H19. The molecule has 0 nitrogen and oxygen atoms in total. The number of hydrogen-bond donors (Lipinski definition) is 0. The summed E-state index contributed by atoms with van der Waals surface area (Å²) in [6, 6.07) is 9.15. The summed E-state index contributed by atoms with van der Waals surface area (Å²) in [5.74, 6) is 0.825. The fourth-order valence-corrected chi connectivity index (χ4v) is 2.33. The zero-order valence-electron chi connectivity index (χ0n) is 9.00. The van der Waals surface area contributed by atoms with Gasteiger partial charge in [0, 0.05) is 0 Å². The molecule has 1 radical (unpaired) electrons. The Bertz CT molecular complexity index is 282. The summed E-state index contributed by atoms with van der Waals surface area (Å²) >= 11 is 0. The molecule has 14 heavy (non-hydrogen) atoms. The Labute approximate surface area is 87.3 Å². The van der Waals surface area contributed by atoms with Gasteiger partial charge in [0.25, 0.3) is 0 Å². The van der Waals surface area contributed by atoms with E-state index in [1.165, 1.54) is 31.2 Å². The normalized spacial score (nSPS) is 18.4. The van der Waals surface area contributed by atoms with Crippen LogP contribution < -0.4 is 0 Å². The molecule has 0 saturated heterocycles. The van der Waals surface area contributed by atoms with Gasteiger partial charge in [-0.05, 0) is 55.6 Å². The summed E-state index contributed by atoms with van der Waals surface area (Å²) < 4.78 is 0. The van der Waals surface area contributed by atoms with Crippen LogP contribution in [0, 0.1) is 6.42 Å². The summed E-state index contributed by atoms with van der Waals surface area (Å²) in [6.07, 6.45) is 8.91. The van der Waals surface area contributed by atoms with Gasteiger partial charge in [-0.3, -0.25) is 0 Å². The van der Waals surface area contributed by atoms with E-state index in [1.807, 2.05) is 0 Å². The minimum Gasteiger partial charge on any atom is -0.0617 e. The van der Waals surface area contributed by atoms with Crippen LogP contribution >= 0.6 is 0 Å². The first-order valence-corrected chi connectivity index (χ1v) is 5.80. The highest BCUT2D eigenvalue weighted by molar-refractivity contribution is 5.26. The van der Waals surface area contributed by atoms with Crippen LogP contribution in [0.3, 0.4) is 0 Å². The van der Waals surface area contributed by atoms with Crippen LogP contribution in [0.2, 0.25) is 0 Å². The van der Waals surface area contributed by atoms with Crippen molar-refractivity contribution in [3.05, 3.63) is 41.8 Å². The lowest BCUT2D eigenvalue weighted by Crippen LogP contribution is -2.05. The molecule has 1 aromatic carbocycles. The third-order valence-corrected chi connectivity index (χ3v) is 3.27. The molecule has 0 heteroatoms. The van der Waals surface area contributed by atoms with Crippen LogP contribution in [0.25, 0.3) is 0 Å². The molecule has 1 aromatic rings. The molecule has 2 rings (SSSR count). The van der Waals surface area contributed by atoms with Gasteiger partial charge in [-0.25, -0.2) is 0 Å². The van der Waals surface area contributed by atoms with E-state index in [2.05, 4.69) is 37.6 Å². The Morgan fingerprint density at radius 3 is 2.71 bits per heavy atom. The number of hydrogen-bond acceptors (Lipinski definition) is 0. The molecule has 0 unspecified atom stereocenters. The Morgan fingerprint density at radius 1 is 1.21 bits per heavy atom. The fourth-order valence-electron chi connectivity index (χ4n) is 2.33. The van der Waals surface area contributed by atoms with E-state index in [0.29, 0.717) is 0 Å². The van der Waals surface area contributed by atoms with Crippen molar-refractivity contribution in [3.63, 3.8) is 0 Å². The van der Waals surface area contributed by atoms with Gasteiger partial charge >= 0.3 is 0 Å². The highest BCUT2D eigenvalue weighted by atomic mass is 14.2. The van der Waals surface area contributed by atoms with Crippen LogP contribution in [0.4, 0.5) is 0 Å². The van der Waals surface area contributed by atoms with Gasteiger partial charge in [0.05, 0.1) is 0 Å². The largest absolute Gasteiger partial charge is 0.0617 e. The first kappa shape index (κ1) is 9.76. The van der Waals surface area contributed by atoms with E-state index in [1.54, 1.807) is 5.56 Å². The van der Waals surface area contributed by atoms with E-state index in [-0.39, 0.29) is 0 Å². The zero-order chi connectivity index (χ0) is 9.80. The summed E-state index contributed by atoms with van der Waals surface area (Å²) in [5.41, 5.74) is 3.05. The third-order valence-electron chi connectivity index (χ3n) is 3.27. The van der Waals surface area contributed by atoms with Gasteiger partial charge in [-0.1, -0.05) is 31.2 Å². The van der Waals surface area contributed by atoms with Crippen molar-refractivity contribution >= 4 is 0 Å². The van der Waals surface area contributed by atoms with Gasteiger partial charge in [0.2, 0.25) is 0 Å². The van der Waals surface area contributed by atoms with Crippen molar-refractivity contribution in [2.75, 3.05) is 0 Å². The Kier molecular flexibility index (Phi) is 3.23. The van der Waals surface area contributed by atoms with E-state index < -0.39 is 0 Å². The van der Waals surface area contributed by atoms with Crippen molar-refractivity contribution < 1.29 is 0 Å². The highest BCUT2D eigenvalue weighted by Crippen LogP contribution is 2.32. The maximum atomic E-state index is 2.43. The summed E-state index contributed by atoms with van der Waals surface area (Å²) in [7, 11) is 0. The number of aryl methyl sites for hydroxylation is 1.